The van der Waals surface area contributed by atoms with E-state index >= 15 is 0 Å². The summed E-state index contributed by atoms with van der Waals surface area (Å²) < 4.78 is -1.23. The van der Waals surface area contributed by atoms with Gasteiger partial charge in [0.15, 0.2) is 0 Å². The molecule has 0 spiro atoms. The molecule has 0 bridgehead atoms. The van der Waals surface area contributed by atoms with Crippen molar-refractivity contribution in [2.24, 2.45) is 0 Å². The molecule has 0 aromatic heterocycles. The fourth-order valence-corrected chi connectivity index (χ4v) is 13.6. The lowest BCUT2D eigenvalue weighted by Gasteiger charge is -2.43. The highest BCUT2D eigenvalue weighted by Crippen LogP contribution is 2.54. The molecule has 0 radical (unpaired) electrons. The lowest BCUT2D eigenvalue weighted by atomic mass is 9.84. The number of carbonyl (C=O) groups excluding carboxylic acids is 2. The summed E-state index contributed by atoms with van der Waals surface area (Å²) in [6.45, 7) is 14.3. The molecular weight excluding hydrogens is 871 g/mol. The van der Waals surface area contributed by atoms with Crippen LogP contribution in [0.2, 0.25) is 0 Å². The number of nitrogens with one attached hydrogen (secondary N) is 1. The number of imide groups is 1. The van der Waals surface area contributed by atoms with Crippen LogP contribution >= 0.6 is 23.5 Å². The highest BCUT2D eigenvalue weighted by Gasteiger charge is 2.44. The average molecular weight is 936 g/mol. The first kappa shape index (κ1) is 48.7. The SMILES string of the molecule is CC(C)(CNCCN(CCCCCN1C(=O)c2ccccc2C1=O)CC(C)(C)SC(c1ccccc1)(c1ccccc1)c1ccccc1)SC(c1ccccc1)(c1ccccc1)c1ccccc1. The molecule has 1 aliphatic rings. The molecule has 7 heteroatoms. The number of fused-ring (bicyclic) bond motifs is 1. The molecule has 1 aliphatic heterocycles. The van der Waals surface area contributed by atoms with E-state index in [0.717, 1.165) is 52.0 Å². The van der Waals surface area contributed by atoms with Gasteiger partial charge in [0, 0.05) is 42.2 Å². The zero-order chi connectivity index (χ0) is 47.5. The number of carbonyl (C=O) groups is 2. The van der Waals surface area contributed by atoms with Crippen molar-refractivity contribution in [1.82, 2.24) is 15.1 Å². The number of hydrogen-bond acceptors (Lipinski definition) is 6. The van der Waals surface area contributed by atoms with Crippen LogP contribution in [-0.2, 0) is 9.49 Å². The highest BCUT2D eigenvalue weighted by atomic mass is 32.2. The summed E-state index contributed by atoms with van der Waals surface area (Å²) in [5, 5.41) is 3.95. The van der Waals surface area contributed by atoms with Gasteiger partial charge in [0.1, 0.15) is 0 Å². The van der Waals surface area contributed by atoms with Gasteiger partial charge < -0.3 is 10.2 Å². The van der Waals surface area contributed by atoms with E-state index in [1.165, 1.54) is 38.3 Å². The number of unbranched alkanes of at least 4 members (excludes halogenated alkanes) is 2. The third-order valence-electron chi connectivity index (χ3n) is 12.9. The van der Waals surface area contributed by atoms with Crippen LogP contribution in [0.4, 0.5) is 0 Å². The van der Waals surface area contributed by atoms with Crippen LogP contribution in [0.25, 0.3) is 0 Å². The van der Waals surface area contributed by atoms with E-state index in [0.29, 0.717) is 17.7 Å². The molecule has 0 saturated heterocycles. The van der Waals surface area contributed by atoms with Crippen molar-refractivity contribution >= 4 is 35.3 Å². The molecule has 1 heterocycles. The number of hydrogen-bond donors (Lipinski definition) is 1. The number of benzene rings is 7. The van der Waals surface area contributed by atoms with Gasteiger partial charge in [-0.3, -0.25) is 14.5 Å². The van der Waals surface area contributed by atoms with E-state index in [4.69, 9.17) is 0 Å². The van der Waals surface area contributed by atoms with Crippen LogP contribution in [0.3, 0.4) is 0 Å². The molecule has 0 aliphatic carbocycles. The van der Waals surface area contributed by atoms with E-state index < -0.39 is 9.49 Å². The van der Waals surface area contributed by atoms with Crippen LogP contribution < -0.4 is 5.32 Å². The first-order valence-corrected chi connectivity index (χ1v) is 25.8. The molecule has 348 valence electrons. The summed E-state index contributed by atoms with van der Waals surface area (Å²) in [5.74, 6) is -0.351. The monoisotopic (exact) mass is 935 g/mol. The zero-order valence-electron chi connectivity index (χ0n) is 40.0. The molecule has 8 rings (SSSR count). The molecule has 0 atom stereocenters. The topological polar surface area (TPSA) is 52.6 Å². The van der Waals surface area contributed by atoms with Gasteiger partial charge in [0.05, 0.1) is 20.6 Å². The quantitative estimate of drug-likeness (QED) is 0.0392. The predicted molar refractivity (Wildman–Crippen MR) is 287 cm³/mol. The second-order valence-electron chi connectivity index (χ2n) is 19.1. The molecule has 0 fully saturated rings. The lowest BCUT2D eigenvalue weighted by molar-refractivity contribution is 0.0651. The molecule has 0 unspecified atom stereocenters. The minimum Gasteiger partial charge on any atom is -0.314 e. The summed E-state index contributed by atoms with van der Waals surface area (Å²) in [6.07, 6.45) is 2.64. The Morgan fingerprint density at radius 1 is 0.426 bits per heavy atom. The van der Waals surface area contributed by atoms with Gasteiger partial charge >= 0.3 is 0 Å². The Labute approximate surface area is 413 Å². The van der Waals surface area contributed by atoms with Gasteiger partial charge in [-0.25, -0.2) is 0 Å². The number of rotatable bonds is 23. The van der Waals surface area contributed by atoms with E-state index in [2.05, 4.69) is 220 Å². The summed E-state index contributed by atoms with van der Waals surface area (Å²) in [7, 11) is 0. The maximum Gasteiger partial charge on any atom is 0.261 e. The van der Waals surface area contributed by atoms with Crippen molar-refractivity contribution in [3.63, 3.8) is 0 Å². The second kappa shape index (κ2) is 22.2. The maximum absolute atomic E-state index is 13.2. The fraction of sp³-hybridized carbons (Fsp3) is 0.279. The molecule has 68 heavy (non-hydrogen) atoms. The Balaban J connectivity index is 1.01. The van der Waals surface area contributed by atoms with Crippen LogP contribution in [0.1, 0.15) is 101 Å². The van der Waals surface area contributed by atoms with Gasteiger partial charge in [-0.2, -0.15) is 0 Å². The Hall–Kier alpha value is -5.70. The van der Waals surface area contributed by atoms with Gasteiger partial charge in [0.25, 0.3) is 11.8 Å². The number of amides is 2. The van der Waals surface area contributed by atoms with Gasteiger partial charge in [-0.15, -0.1) is 23.5 Å². The molecular formula is C61H65N3O2S2. The van der Waals surface area contributed by atoms with Crippen molar-refractivity contribution in [3.05, 3.63) is 251 Å². The molecule has 5 nitrogen and oxygen atoms in total. The van der Waals surface area contributed by atoms with Crippen molar-refractivity contribution in [3.8, 4) is 0 Å². The third-order valence-corrected chi connectivity index (χ3v) is 16.3. The van der Waals surface area contributed by atoms with Gasteiger partial charge in [-0.1, -0.05) is 201 Å². The summed E-state index contributed by atoms with van der Waals surface area (Å²) in [6, 6.07) is 73.0. The lowest BCUT2D eigenvalue weighted by Crippen LogP contribution is -2.45. The molecule has 0 saturated carbocycles. The van der Waals surface area contributed by atoms with E-state index in [-0.39, 0.29) is 21.3 Å². The van der Waals surface area contributed by atoms with Gasteiger partial charge in [0.2, 0.25) is 0 Å². The summed E-state index contributed by atoms with van der Waals surface area (Å²) in [4.78, 5) is 30.4. The number of nitrogens with zero attached hydrogens (tertiary/aromatic N) is 2. The van der Waals surface area contributed by atoms with E-state index in [1.54, 1.807) is 12.1 Å². The molecule has 7 aromatic rings. The molecule has 2 amide bonds. The predicted octanol–water partition coefficient (Wildman–Crippen LogP) is 13.4. The van der Waals surface area contributed by atoms with Crippen molar-refractivity contribution in [1.29, 1.82) is 0 Å². The van der Waals surface area contributed by atoms with E-state index in [9.17, 15) is 9.59 Å². The summed E-state index contributed by atoms with van der Waals surface area (Å²) >= 11 is 4.05. The summed E-state index contributed by atoms with van der Waals surface area (Å²) in [5.41, 5.74) is 8.60. The Morgan fingerprint density at radius 3 is 1.13 bits per heavy atom. The largest absolute Gasteiger partial charge is 0.314 e. The first-order chi connectivity index (χ1) is 33.0. The first-order valence-electron chi connectivity index (χ1n) is 24.1. The Bertz CT molecular complexity index is 2450. The van der Waals surface area contributed by atoms with Crippen LogP contribution in [-0.4, -0.2) is 70.4 Å². The van der Waals surface area contributed by atoms with Crippen LogP contribution in [0, 0.1) is 0 Å². The Morgan fingerprint density at radius 2 is 0.765 bits per heavy atom. The van der Waals surface area contributed by atoms with Crippen LogP contribution in [0.15, 0.2) is 206 Å². The normalized spacial score (nSPS) is 13.3. The van der Waals surface area contributed by atoms with Crippen molar-refractivity contribution in [2.75, 3.05) is 39.3 Å². The number of thioether (sulfide) groups is 2. The van der Waals surface area contributed by atoms with Crippen molar-refractivity contribution in [2.45, 2.75) is 65.9 Å². The zero-order valence-corrected chi connectivity index (χ0v) is 41.7. The maximum atomic E-state index is 13.2. The van der Waals surface area contributed by atoms with Gasteiger partial charge in [-0.05, 0) is 92.6 Å². The second-order valence-corrected chi connectivity index (χ2v) is 22.9. The smallest absolute Gasteiger partial charge is 0.261 e. The molecule has 7 aromatic carbocycles. The highest BCUT2D eigenvalue weighted by molar-refractivity contribution is 8.02. The fourth-order valence-electron chi connectivity index (χ4n) is 9.95. The average Bonchev–Trinajstić information content (AvgIpc) is 3.62. The van der Waals surface area contributed by atoms with Crippen molar-refractivity contribution < 1.29 is 9.59 Å². The van der Waals surface area contributed by atoms with E-state index in [1.807, 2.05) is 35.7 Å². The minimum absolute atomic E-state index is 0.160. The standard InChI is InChI=1S/C61H65N3O2S2/c1-58(2,67-60(48-28-12-5-13-29-48,49-30-14-6-15-31-49)50-32-16-7-17-33-50)46-62-42-45-63(43-26-11-27-44-64-56(65)54-40-24-25-41-55(54)57(64)66)47-59(3,4)68-61(51-34-18-8-19-35-51,52-36-20-9-21-37-52)53-38-22-10-23-39-53/h5-10,12-25,28-41,62H,11,26-27,42-47H2,1-4H3. The molecule has 1 N–H and O–H groups in total. The Kier molecular flexibility index (Phi) is 15.9. The minimum atomic E-state index is -0.451. The van der Waals surface area contributed by atoms with Crippen LogP contribution in [0.5, 0.6) is 0 Å². The third kappa shape index (κ3) is 11.1.